The Bertz CT molecular complexity index is 1380. The number of halogens is 1. The third-order valence-corrected chi connectivity index (χ3v) is 6.85. The zero-order chi connectivity index (χ0) is 22.2. The molecule has 0 saturated carbocycles. The minimum atomic E-state index is -3.66. The molecule has 1 heterocycles. The van der Waals surface area contributed by atoms with Crippen LogP contribution in [-0.2, 0) is 22.6 Å². The Labute approximate surface area is 178 Å². The summed E-state index contributed by atoms with van der Waals surface area (Å²) in [5.74, 6) is -1.25. The Balaban J connectivity index is 1.69. The minimum Gasteiger partial charge on any atom is -0.350 e. The van der Waals surface area contributed by atoms with Crippen molar-refractivity contribution in [3.05, 3.63) is 89.9 Å². The zero-order valence-electron chi connectivity index (χ0n) is 16.5. The van der Waals surface area contributed by atoms with Gasteiger partial charge in [0.15, 0.2) is 9.84 Å². The molecule has 0 spiro atoms. The predicted molar refractivity (Wildman–Crippen MR) is 115 cm³/mol. The van der Waals surface area contributed by atoms with E-state index in [4.69, 9.17) is 5.21 Å². The van der Waals surface area contributed by atoms with E-state index < -0.39 is 15.7 Å². The van der Waals surface area contributed by atoms with E-state index in [1.54, 1.807) is 18.2 Å². The van der Waals surface area contributed by atoms with Gasteiger partial charge in [0, 0.05) is 35.3 Å². The molecule has 8 heteroatoms. The summed E-state index contributed by atoms with van der Waals surface area (Å²) in [5.41, 5.74) is 4.92. The van der Waals surface area contributed by atoms with Crippen LogP contribution >= 0.6 is 0 Å². The summed E-state index contributed by atoms with van der Waals surface area (Å²) >= 11 is 0. The first-order chi connectivity index (χ1) is 14.8. The Morgan fingerprint density at radius 3 is 2.35 bits per heavy atom. The van der Waals surface area contributed by atoms with E-state index in [1.165, 1.54) is 41.9 Å². The van der Waals surface area contributed by atoms with Gasteiger partial charge in [-0.2, -0.15) is 0 Å². The first-order valence-corrected chi connectivity index (χ1v) is 11.0. The monoisotopic (exact) mass is 438 g/mol. The van der Waals surface area contributed by atoms with Crippen molar-refractivity contribution < 1.29 is 22.8 Å². The molecule has 1 aromatic heterocycles. The Morgan fingerprint density at radius 2 is 1.71 bits per heavy atom. The van der Waals surface area contributed by atoms with Crippen molar-refractivity contribution in [2.75, 3.05) is 0 Å². The third-order valence-electron chi connectivity index (χ3n) is 5.14. The molecular weight excluding hydrogens is 419 g/mol. The highest BCUT2D eigenvalue weighted by Crippen LogP contribution is 2.32. The van der Waals surface area contributed by atoms with Crippen LogP contribution in [0.2, 0.25) is 0 Å². The van der Waals surface area contributed by atoms with E-state index in [9.17, 15) is 17.6 Å². The van der Waals surface area contributed by atoms with Gasteiger partial charge in [0.05, 0.1) is 10.6 Å². The van der Waals surface area contributed by atoms with E-state index >= 15 is 0 Å². The summed E-state index contributed by atoms with van der Waals surface area (Å²) < 4.78 is 41.0. The molecule has 3 aromatic carbocycles. The standard InChI is InChI=1S/C23H19FN2O4S/c1-26-13-21(16-3-7-18(24)8-4-16)20-12-15(2-11-22(20)26)14-31(29,30)19-9-5-17(6-10-19)23(27)25-28/h2-13,28H,14H2,1H3,(H,25,27). The summed E-state index contributed by atoms with van der Waals surface area (Å²) in [4.78, 5) is 11.5. The lowest BCUT2D eigenvalue weighted by molar-refractivity contribution is 0.0706. The van der Waals surface area contributed by atoms with Gasteiger partial charge in [-0.15, -0.1) is 0 Å². The molecule has 0 aliphatic heterocycles. The highest BCUT2D eigenvalue weighted by atomic mass is 32.2. The number of nitrogens with one attached hydrogen (secondary N) is 1. The maximum atomic E-state index is 13.3. The number of fused-ring (bicyclic) bond motifs is 1. The molecule has 1 amide bonds. The van der Waals surface area contributed by atoms with Crippen molar-refractivity contribution in [2.24, 2.45) is 7.05 Å². The lowest BCUT2D eigenvalue weighted by Gasteiger charge is -2.07. The summed E-state index contributed by atoms with van der Waals surface area (Å²) in [6, 6.07) is 17.0. The zero-order valence-corrected chi connectivity index (χ0v) is 17.4. The van der Waals surface area contributed by atoms with Crippen LogP contribution in [0.1, 0.15) is 15.9 Å². The van der Waals surface area contributed by atoms with Crippen molar-refractivity contribution >= 4 is 26.6 Å². The second-order valence-corrected chi connectivity index (χ2v) is 9.23. The van der Waals surface area contributed by atoms with Gasteiger partial charge in [-0.3, -0.25) is 10.0 Å². The quantitative estimate of drug-likeness (QED) is 0.363. The molecule has 0 radical (unpaired) electrons. The third kappa shape index (κ3) is 4.08. The first-order valence-electron chi connectivity index (χ1n) is 9.39. The normalized spacial score (nSPS) is 11.6. The number of aryl methyl sites for hydroxylation is 1. The summed E-state index contributed by atoms with van der Waals surface area (Å²) in [7, 11) is -1.76. The number of carbonyl (C=O) groups is 1. The molecule has 0 fully saturated rings. The number of carbonyl (C=O) groups excluding carboxylic acids is 1. The molecule has 4 aromatic rings. The molecule has 0 aliphatic rings. The number of rotatable bonds is 5. The Morgan fingerprint density at radius 1 is 1.03 bits per heavy atom. The van der Waals surface area contributed by atoms with Gasteiger partial charge in [0.25, 0.3) is 5.91 Å². The maximum absolute atomic E-state index is 13.3. The van der Waals surface area contributed by atoms with Crippen LogP contribution in [0, 0.1) is 5.82 Å². The smallest absolute Gasteiger partial charge is 0.274 e. The number of hydrogen-bond donors (Lipinski definition) is 2. The number of nitrogens with zero attached hydrogens (tertiary/aromatic N) is 1. The molecule has 158 valence electrons. The molecule has 0 saturated heterocycles. The number of hydrogen-bond acceptors (Lipinski definition) is 4. The lowest BCUT2D eigenvalue weighted by Crippen LogP contribution is -2.18. The molecule has 0 bridgehead atoms. The number of sulfone groups is 1. The number of hydroxylamine groups is 1. The fourth-order valence-corrected chi connectivity index (χ4v) is 4.91. The predicted octanol–water partition coefficient (Wildman–Crippen LogP) is 4.08. The van der Waals surface area contributed by atoms with Crippen LogP contribution in [0.15, 0.2) is 77.8 Å². The molecule has 31 heavy (non-hydrogen) atoms. The molecule has 6 nitrogen and oxygen atoms in total. The molecule has 0 atom stereocenters. The number of aromatic nitrogens is 1. The first kappa shape index (κ1) is 20.8. The van der Waals surface area contributed by atoms with Crippen molar-refractivity contribution in [3.63, 3.8) is 0 Å². The van der Waals surface area contributed by atoms with Gasteiger partial charge in [-0.1, -0.05) is 18.2 Å². The van der Waals surface area contributed by atoms with Gasteiger partial charge in [0.1, 0.15) is 5.82 Å². The Hall–Kier alpha value is -3.49. The number of amides is 1. The fourth-order valence-electron chi connectivity index (χ4n) is 3.57. The average Bonchev–Trinajstić information content (AvgIpc) is 3.09. The largest absolute Gasteiger partial charge is 0.350 e. The van der Waals surface area contributed by atoms with Crippen LogP contribution < -0.4 is 5.48 Å². The van der Waals surface area contributed by atoms with E-state index in [1.807, 2.05) is 29.9 Å². The van der Waals surface area contributed by atoms with E-state index in [0.717, 1.165) is 22.0 Å². The van der Waals surface area contributed by atoms with Crippen molar-refractivity contribution in [1.29, 1.82) is 0 Å². The highest BCUT2D eigenvalue weighted by Gasteiger charge is 2.18. The topological polar surface area (TPSA) is 88.4 Å². The van der Waals surface area contributed by atoms with Gasteiger partial charge in [-0.05, 0) is 59.7 Å². The number of benzene rings is 3. The van der Waals surface area contributed by atoms with E-state index in [0.29, 0.717) is 5.56 Å². The van der Waals surface area contributed by atoms with Gasteiger partial charge < -0.3 is 4.57 Å². The highest BCUT2D eigenvalue weighted by molar-refractivity contribution is 7.90. The van der Waals surface area contributed by atoms with Crippen molar-refractivity contribution in [1.82, 2.24) is 10.0 Å². The molecular formula is C23H19FN2O4S. The van der Waals surface area contributed by atoms with Crippen LogP contribution in [0.4, 0.5) is 4.39 Å². The van der Waals surface area contributed by atoms with Gasteiger partial charge >= 0.3 is 0 Å². The van der Waals surface area contributed by atoms with E-state index in [-0.39, 0.29) is 22.0 Å². The minimum absolute atomic E-state index is 0.0777. The van der Waals surface area contributed by atoms with E-state index in [2.05, 4.69) is 0 Å². The van der Waals surface area contributed by atoms with Gasteiger partial charge in [0.2, 0.25) is 0 Å². The van der Waals surface area contributed by atoms with Crippen LogP contribution in [-0.4, -0.2) is 24.1 Å². The summed E-state index contributed by atoms with van der Waals surface area (Å²) in [6.45, 7) is 0. The fraction of sp³-hybridized carbons (Fsp3) is 0.0870. The van der Waals surface area contributed by atoms with Crippen LogP contribution in [0.3, 0.4) is 0 Å². The molecule has 2 N–H and O–H groups in total. The summed E-state index contributed by atoms with van der Waals surface area (Å²) in [6.07, 6.45) is 1.93. The molecule has 4 rings (SSSR count). The van der Waals surface area contributed by atoms with Gasteiger partial charge in [-0.25, -0.2) is 18.3 Å². The lowest BCUT2D eigenvalue weighted by atomic mass is 10.0. The second-order valence-electron chi connectivity index (χ2n) is 7.24. The second kappa shape index (κ2) is 7.98. The SMILES string of the molecule is Cn1cc(-c2ccc(F)cc2)c2cc(CS(=O)(=O)c3ccc(C(=O)NO)cc3)ccc21. The Kier molecular flexibility index (Phi) is 5.34. The van der Waals surface area contributed by atoms with Crippen LogP contribution in [0.25, 0.3) is 22.0 Å². The maximum Gasteiger partial charge on any atom is 0.274 e. The van der Waals surface area contributed by atoms with Crippen molar-refractivity contribution in [3.8, 4) is 11.1 Å². The van der Waals surface area contributed by atoms with Crippen LogP contribution in [0.5, 0.6) is 0 Å². The van der Waals surface area contributed by atoms with Crippen molar-refractivity contribution in [2.45, 2.75) is 10.6 Å². The average molecular weight is 438 g/mol. The molecule has 0 unspecified atom stereocenters. The molecule has 0 aliphatic carbocycles. The summed E-state index contributed by atoms with van der Waals surface area (Å²) in [5, 5.41) is 9.55.